The Kier molecular flexibility index (Phi) is 15.2. The van der Waals surface area contributed by atoms with E-state index in [2.05, 4.69) is 6.92 Å². The summed E-state index contributed by atoms with van der Waals surface area (Å²) in [7, 11) is 0. The van der Waals surface area contributed by atoms with E-state index in [1.54, 1.807) is 0 Å². The molecule has 0 rings (SSSR count). The van der Waals surface area contributed by atoms with Crippen molar-refractivity contribution in [2.45, 2.75) is 64.7 Å². The summed E-state index contributed by atoms with van der Waals surface area (Å²) in [6.45, 7) is 2.22. The fraction of sp³-hybridized carbons (Fsp3) is 0.909. The van der Waals surface area contributed by atoms with Gasteiger partial charge in [-0.05, 0) is 6.42 Å². The molecular formula is C11H22MnO2. The van der Waals surface area contributed by atoms with Crippen molar-refractivity contribution in [2.75, 3.05) is 0 Å². The van der Waals surface area contributed by atoms with Crippen LogP contribution in [-0.2, 0) is 21.9 Å². The Labute approximate surface area is 97.9 Å². The van der Waals surface area contributed by atoms with Crippen molar-refractivity contribution in [3.05, 3.63) is 0 Å². The molecule has 3 heteroatoms. The molecule has 0 aliphatic rings. The third kappa shape index (κ3) is 14.5. The Bertz CT molecular complexity index is 126. The minimum atomic E-state index is -0.661. The van der Waals surface area contributed by atoms with Crippen molar-refractivity contribution in [3.8, 4) is 0 Å². The van der Waals surface area contributed by atoms with E-state index in [9.17, 15) is 4.79 Å². The molecule has 0 atom stereocenters. The first kappa shape index (κ1) is 16.4. The molecule has 0 fully saturated rings. The van der Waals surface area contributed by atoms with Crippen LogP contribution in [0.25, 0.3) is 0 Å². The van der Waals surface area contributed by atoms with Crippen LogP contribution in [0.4, 0.5) is 0 Å². The Balaban J connectivity index is 0. The summed E-state index contributed by atoms with van der Waals surface area (Å²) in [5, 5.41) is 8.39. The second-order valence-electron chi connectivity index (χ2n) is 3.62. The van der Waals surface area contributed by atoms with Gasteiger partial charge in [0.05, 0.1) is 0 Å². The molecule has 0 saturated carbocycles. The molecule has 0 aliphatic heterocycles. The van der Waals surface area contributed by atoms with Crippen LogP contribution in [0.1, 0.15) is 64.7 Å². The van der Waals surface area contributed by atoms with E-state index in [1.165, 1.54) is 38.5 Å². The number of carboxylic acid groups (broad SMARTS) is 1. The second kappa shape index (κ2) is 13.0. The van der Waals surface area contributed by atoms with Gasteiger partial charge >= 0.3 is 5.97 Å². The standard InChI is InChI=1S/C11H22O2.Mn/c1-2-3-4-5-6-7-8-9-10-11(12)13;/h2-10H2,1H3,(H,12,13);. The Morgan fingerprint density at radius 2 is 1.36 bits per heavy atom. The smallest absolute Gasteiger partial charge is 0.303 e. The fourth-order valence-electron chi connectivity index (χ4n) is 1.41. The van der Waals surface area contributed by atoms with Gasteiger partial charge in [-0.2, -0.15) is 0 Å². The molecule has 2 nitrogen and oxygen atoms in total. The molecule has 0 aromatic rings. The molecule has 0 aliphatic carbocycles. The van der Waals surface area contributed by atoms with Crippen molar-refractivity contribution in [1.29, 1.82) is 0 Å². The molecule has 0 bridgehead atoms. The minimum absolute atomic E-state index is 0. The van der Waals surface area contributed by atoms with Gasteiger partial charge in [-0.15, -0.1) is 0 Å². The number of aliphatic carboxylic acids is 1. The first-order valence-electron chi connectivity index (χ1n) is 5.49. The zero-order valence-electron chi connectivity index (χ0n) is 9.10. The van der Waals surface area contributed by atoms with Gasteiger partial charge < -0.3 is 5.11 Å². The second-order valence-corrected chi connectivity index (χ2v) is 3.62. The number of hydrogen-bond acceptors (Lipinski definition) is 1. The third-order valence-electron chi connectivity index (χ3n) is 2.24. The van der Waals surface area contributed by atoms with Crippen LogP contribution in [0.5, 0.6) is 0 Å². The molecule has 0 unspecified atom stereocenters. The van der Waals surface area contributed by atoms with Crippen molar-refractivity contribution in [3.63, 3.8) is 0 Å². The molecule has 0 aromatic carbocycles. The van der Waals surface area contributed by atoms with E-state index in [-0.39, 0.29) is 17.1 Å². The SMILES string of the molecule is CCCCCCCCCCC(=O)O.[Mn]. The Morgan fingerprint density at radius 1 is 0.929 bits per heavy atom. The van der Waals surface area contributed by atoms with Gasteiger partial charge in [-0.25, -0.2) is 0 Å². The summed E-state index contributed by atoms with van der Waals surface area (Å²) in [4.78, 5) is 10.2. The van der Waals surface area contributed by atoms with Gasteiger partial charge in [0.15, 0.2) is 0 Å². The first-order chi connectivity index (χ1) is 6.27. The van der Waals surface area contributed by atoms with Crippen LogP contribution in [0, 0.1) is 0 Å². The third-order valence-corrected chi connectivity index (χ3v) is 2.24. The summed E-state index contributed by atoms with van der Waals surface area (Å²) in [5.74, 6) is -0.661. The van der Waals surface area contributed by atoms with Crippen molar-refractivity contribution in [2.24, 2.45) is 0 Å². The van der Waals surface area contributed by atoms with E-state index < -0.39 is 5.97 Å². The van der Waals surface area contributed by atoms with E-state index in [1.807, 2.05) is 0 Å². The van der Waals surface area contributed by atoms with Gasteiger partial charge in [0.2, 0.25) is 0 Å². The van der Waals surface area contributed by atoms with E-state index in [0.29, 0.717) is 6.42 Å². The van der Waals surface area contributed by atoms with Crippen LogP contribution in [0.3, 0.4) is 0 Å². The summed E-state index contributed by atoms with van der Waals surface area (Å²) in [6.07, 6.45) is 10.1. The van der Waals surface area contributed by atoms with Gasteiger partial charge in [-0.3, -0.25) is 4.79 Å². The monoisotopic (exact) mass is 241 g/mol. The van der Waals surface area contributed by atoms with Crippen LogP contribution < -0.4 is 0 Å². The van der Waals surface area contributed by atoms with E-state index in [4.69, 9.17) is 5.11 Å². The zero-order valence-corrected chi connectivity index (χ0v) is 10.3. The number of unbranched alkanes of at least 4 members (excludes halogenated alkanes) is 7. The number of carboxylic acids is 1. The number of hydrogen-bond donors (Lipinski definition) is 1. The van der Waals surface area contributed by atoms with E-state index in [0.717, 1.165) is 12.8 Å². The molecule has 1 N–H and O–H groups in total. The normalized spacial score (nSPS) is 9.50. The molecule has 0 spiro atoms. The van der Waals surface area contributed by atoms with Crippen LogP contribution in [-0.4, -0.2) is 11.1 Å². The predicted octanol–water partition coefficient (Wildman–Crippen LogP) is 3.60. The molecule has 0 amide bonds. The fourth-order valence-corrected chi connectivity index (χ4v) is 1.41. The Morgan fingerprint density at radius 3 is 1.79 bits per heavy atom. The quantitative estimate of drug-likeness (QED) is 0.494. The molecule has 14 heavy (non-hydrogen) atoms. The summed E-state index contributed by atoms with van der Waals surface area (Å²) in [5.41, 5.74) is 0. The van der Waals surface area contributed by atoms with Crippen molar-refractivity contribution < 1.29 is 27.0 Å². The van der Waals surface area contributed by atoms with Crippen LogP contribution in [0.2, 0.25) is 0 Å². The van der Waals surface area contributed by atoms with Gasteiger partial charge in [-0.1, -0.05) is 51.9 Å². The largest absolute Gasteiger partial charge is 0.481 e. The van der Waals surface area contributed by atoms with Gasteiger partial charge in [0, 0.05) is 23.5 Å². The Hall–Kier alpha value is -0.0105. The van der Waals surface area contributed by atoms with Crippen molar-refractivity contribution >= 4 is 5.97 Å². The molecular weight excluding hydrogens is 219 g/mol. The minimum Gasteiger partial charge on any atom is -0.481 e. The summed E-state index contributed by atoms with van der Waals surface area (Å²) >= 11 is 0. The maximum atomic E-state index is 10.2. The predicted molar refractivity (Wildman–Crippen MR) is 54.9 cm³/mol. The number of carbonyl (C=O) groups is 1. The van der Waals surface area contributed by atoms with Gasteiger partial charge in [0.1, 0.15) is 0 Å². The summed E-state index contributed by atoms with van der Waals surface area (Å²) in [6, 6.07) is 0. The van der Waals surface area contributed by atoms with Crippen LogP contribution in [0.15, 0.2) is 0 Å². The molecule has 0 heterocycles. The van der Waals surface area contributed by atoms with E-state index >= 15 is 0 Å². The maximum Gasteiger partial charge on any atom is 0.303 e. The average molecular weight is 241 g/mol. The first-order valence-corrected chi connectivity index (χ1v) is 5.49. The van der Waals surface area contributed by atoms with Gasteiger partial charge in [0.25, 0.3) is 0 Å². The van der Waals surface area contributed by atoms with Crippen molar-refractivity contribution in [1.82, 2.24) is 0 Å². The molecule has 0 aromatic heterocycles. The number of rotatable bonds is 9. The maximum absolute atomic E-state index is 10.2. The zero-order chi connectivity index (χ0) is 9.94. The molecule has 85 valence electrons. The average Bonchev–Trinajstić information content (AvgIpc) is 2.09. The topological polar surface area (TPSA) is 37.3 Å². The molecule has 1 radical (unpaired) electrons. The summed E-state index contributed by atoms with van der Waals surface area (Å²) < 4.78 is 0. The molecule has 0 saturated heterocycles. The van der Waals surface area contributed by atoms with Crippen LogP contribution >= 0.6 is 0 Å².